The van der Waals surface area contributed by atoms with E-state index in [1.165, 1.54) is 6.08 Å². The van der Waals surface area contributed by atoms with Crippen molar-refractivity contribution in [3.05, 3.63) is 35.4 Å². The van der Waals surface area contributed by atoms with Gasteiger partial charge < -0.3 is 5.11 Å². The van der Waals surface area contributed by atoms with E-state index in [-0.39, 0.29) is 5.92 Å². The molecule has 3 N–H and O–H groups in total. The number of carboxylic acid groups (broad SMARTS) is 1. The van der Waals surface area contributed by atoms with Crippen LogP contribution in [-0.4, -0.2) is 26.0 Å². The van der Waals surface area contributed by atoms with E-state index in [1.807, 2.05) is 13.8 Å². The Kier molecular flexibility index (Phi) is 5.92. The zero-order valence-corrected chi connectivity index (χ0v) is 13.1. The number of rotatable bonds is 7. The summed E-state index contributed by atoms with van der Waals surface area (Å²) >= 11 is 0. The number of carbonyl (C=O) groups is 1. The number of aryl methyl sites for hydroxylation is 1. The standard InChI is InChI=1S/C14H20N2O4S/c1-10(2)9-15-21(19,20)16-13-6-4-12(8-11(13)3)5-7-14(17)18/h4-8,10,15-16H,9H2,1-3H3,(H,17,18)/b7-5+. The maximum Gasteiger partial charge on any atom is 0.328 e. The van der Waals surface area contributed by atoms with Gasteiger partial charge in [0.2, 0.25) is 0 Å². The first-order valence-corrected chi connectivity index (χ1v) is 7.97. The van der Waals surface area contributed by atoms with Crippen molar-refractivity contribution >= 4 is 27.9 Å². The van der Waals surface area contributed by atoms with Crippen LogP contribution in [0.25, 0.3) is 6.08 Å². The second-order valence-corrected chi connectivity index (χ2v) is 6.59. The lowest BCUT2D eigenvalue weighted by Gasteiger charge is -2.13. The number of aliphatic carboxylic acids is 1. The molecule has 0 fully saturated rings. The summed E-state index contributed by atoms with van der Waals surface area (Å²) in [4.78, 5) is 10.5. The molecule has 116 valence electrons. The Morgan fingerprint density at radius 1 is 1.38 bits per heavy atom. The Morgan fingerprint density at radius 3 is 2.57 bits per heavy atom. The largest absolute Gasteiger partial charge is 0.478 e. The molecule has 0 amide bonds. The maximum atomic E-state index is 11.8. The van der Waals surface area contributed by atoms with E-state index in [4.69, 9.17) is 5.11 Å². The van der Waals surface area contributed by atoms with Gasteiger partial charge in [0.1, 0.15) is 0 Å². The third kappa shape index (κ3) is 6.42. The fraction of sp³-hybridized carbons (Fsp3) is 0.357. The third-order valence-electron chi connectivity index (χ3n) is 2.59. The minimum atomic E-state index is -3.60. The summed E-state index contributed by atoms with van der Waals surface area (Å²) in [7, 11) is -3.60. The SMILES string of the molecule is Cc1cc(/C=C/C(=O)O)ccc1NS(=O)(=O)NCC(C)C. The first-order chi connectivity index (χ1) is 9.69. The van der Waals surface area contributed by atoms with Crippen LogP contribution in [0.1, 0.15) is 25.0 Å². The van der Waals surface area contributed by atoms with E-state index in [1.54, 1.807) is 25.1 Å². The van der Waals surface area contributed by atoms with Crippen molar-refractivity contribution in [2.45, 2.75) is 20.8 Å². The van der Waals surface area contributed by atoms with Crippen molar-refractivity contribution in [1.82, 2.24) is 4.72 Å². The lowest BCUT2D eigenvalue weighted by molar-refractivity contribution is -0.131. The molecule has 1 aromatic carbocycles. The molecular weight excluding hydrogens is 292 g/mol. The molecule has 0 atom stereocenters. The van der Waals surface area contributed by atoms with Gasteiger partial charge in [-0.15, -0.1) is 0 Å². The summed E-state index contributed by atoms with van der Waals surface area (Å²) in [6.45, 7) is 5.93. The summed E-state index contributed by atoms with van der Waals surface area (Å²) in [6, 6.07) is 4.96. The first kappa shape index (κ1) is 17.2. The van der Waals surface area contributed by atoms with Crippen LogP contribution in [0.4, 0.5) is 5.69 Å². The Morgan fingerprint density at radius 2 is 2.05 bits per heavy atom. The molecule has 0 heterocycles. The number of anilines is 1. The van der Waals surface area contributed by atoms with E-state index in [0.717, 1.165) is 6.08 Å². The number of carboxylic acids is 1. The Hall–Kier alpha value is -1.86. The van der Waals surface area contributed by atoms with Gasteiger partial charge in [0.05, 0.1) is 5.69 Å². The van der Waals surface area contributed by atoms with Crippen LogP contribution in [0.2, 0.25) is 0 Å². The van der Waals surface area contributed by atoms with Gasteiger partial charge in [0.25, 0.3) is 10.2 Å². The minimum absolute atomic E-state index is 0.214. The van der Waals surface area contributed by atoms with Gasteiger partial charge in [0, 0.05) is 12.6 Å². The predicted molar refractivity (Wildman–Crippen MR) is 83.2 cm³/mol. The van der Waals surface area contributed by atoms with Crippen LogP contribution in [0.5, 0.6) is 0 Å². The van der Waals surface area contributed by atoms with Gasteiger partial charge in [0.15, 0.2) is 0 Å². The molecule has 7 heteroatoms. The van der Waals surface area contributed by atoms with Gasteiger partial charge >= 0.3 is 5.97 Å². The van der Waals surface area contributed by atoms with Gasteiger partial charge in [-0.2, -0.15) is 13.1 Å². The summed E-state index contributed by atoms with van der Waals surface area (Å²) in [5, 5.41) is 8.57. The van der Waals surface area contributed by atoms with Crippen molar-refractivity contribution in [2.75, 3.05) is 11.3 Å². The molecule has 0 aromatic heterocycles. The molecule has 0 saturated carbocycles. The molecule has 0 saturated heterocycles. The third-order valence-corrected chi connectivity index (χ3v) is 3.63. The first-order valence-electron chi connectivity index (χ1n) is 6.48. The van der Waals surface area contributed by atoms with Crippen molar-refractivity contribution in [1.29, 1.82) is 0 Å². The van der Waals surface area contributed by atoms with Crippen molar-refractivity contribution in [2.24, 2.45) is 5.92 Å². The fourth-order valence-corrected chi connectivity index (χ4v) is 2.67. The molecule has 0 bridgehead atoms. The van der Waals surface area contributed by atoms with Gasteiger partial charge in [-0.1, -0.05) is 19.9 Å². The summed E-state index contributed by atoms with van der Waals surface area (Å²) in [6.07, 6.45) is 2.48. The van der Waals surface area contributed by atoms with E-state index in [2.05, 4.69) is 9.44 Å². The number of nitrogens with one attached hydrogen (secondary N) is 2. The molecule has 0 spiro atoms. The van der Waals surface area contributed by atoms with E-state index in [9.17, 15) is 13.2 Å². The number of hydrogen-bond acceptors (Lipinski definition) is 3. The quantitative estimate of drug-likeness (QED) is 0.671. The highest BCUT2D eigenvalue weighted by Gasteiger charge is 2.11. The molecule has 21 heavy (non-hydrogen) atoms. The monoisotopic (exact) mass is 312 g/mol. The predicted octanol–water partition coefficient (Wildman–Crippen LogP) is 2.00. The van der Waals surface area contributed by atoms with E-state index >= 15 is 0 Å². The summed E-state index contributed by atoms with van der Waals surface area (Å²) in [5.41, 5.74) is 1.85. The molecule has 0 aliphatic heterocycles. The highest BCUT2D eigenvalue weighted by Crippen LogP contribution is 2.18. The fourth-order valence-electron chi connectivity index (χ4n) is 1.53. The number of benzene rings is 1. The highest BCUT2D eigenvalue weighted by atomic mass is 32.2. The van der Waals surface area contributed by atoms with Crippen LogP contribution >= 0.6 is 0 Å². The molecule has 1 rings (SSSR count). The molecule has 0 radical (unpaired) electrons. The van der Waals surface area contributed by atoms with Crippen molar-refractivity contribution in [3.63, 3.8) is 0 Å². The lowest BCUT2D eigenvalue weighted by atomic mass is 10.1. The molecular formula is C14H20N2O4S. The minimum Gasteiger partial charge on any atom is -0.478 e. The van der Waals surface area contributed by atoms with Gasteiger partial charge in [-0.05, 0) is 42.2 Å². The Labute approximate surface area is 125 Å². The van der Waals surface area contributed by atoms with Crippen LogP contribution < -0.4 is 9.44 Å². The topological polar surface area (TPSA) is 95.5 Å². The Bertz CT molecular complexity index is 636. The molecule has 6 nitrogen and oxygen atoms in total. The van der Waals surface area contributed by atoms with Crippen molar-refractivity contribution < 1.29 is 18.3 Å². The van der Waals surface area contributed by atoms with E-state index in [0.29, 0.717) is 23.4 Å². The Balaban J connectivity index is 2.83. The van der Waals surface area contributed by atoms with Crippen LogP contribution in [0, 0.1) is 12.8 Å². The lowest BCUT2D eigenvalue weighted by Crippen LogP contribution is -2.33. The zero-order valence-electron chi connectivity index (χ0n) is 12.3. The summed E-state index contributed by atoms with van der Waals surface area (Å²) < 4.78 is 28.6. The molecule has 1 aromatic rings. The van der Waals surface area contributed by atoms with E-state index < -0.39 is 16.2 Å². The number of hydrogen-bond donors (Lipinski definition) is 3. The zero-order chi connectivity index (χ0) is 16.0. The van der Waals surface area contributed by atoms with Gasteiger partial charge in [-0.3, -0.25) is 4.72 Å². The second-order valence-electron chi connectivity index (χ2n) is 5.09. The highest BCUT2D eigenvalue weighted by molar-refractivity contribution is 7.90. The normalized spacial score (nSPS) is 12.0. The maximum absolute atomic E-state index is 11.8. The average molecular weight is 312 g/mol. The molecule has 0 aliphatic carbocycles. The van der Waals surface area contributed by atoms with Gasteiger partial charge in [-0.25, -0.2) is 4.79 Å². The second kappa shape index (κ2) is 7.24. The van der Waals surface area contributed by atoms with Crippen LogP contribution in [0.3, 0.4) is 0 Å². The van der Waals surface area contributed by atoms with Crippen LogP contribution in [0.15, 0.2) is 24.3 Å². The molecule has 0 aliphatic rings. The smallest absolute Gasteiger partial charge is 0.328 e. The van der Waals surface area contributed by atoms with Crippen molar-refractivity contribution in [3.8, 4) is 0 Å². The van der Waals surface area contributed by atoms with Crippen LogP contribution in [-0.2, 0) is 15.0 Å². The summed E-state index contributed by atoms with van der Waals surface area (Å²) in [5.74, 6) is -0.818. The average Bonchev–Trinajstić information content (AvgIpc) is 2.37. The molecule has 0 unspecified atom stereocenters.